The molecule has 5 nitrogen and oxygen atoms in total. The molecule has 12 heteroatoms. The predicted octanol–water partition coefficient (Wildman–Crippen LogP) is 4.56. The van der Waals surface area contributed by atoms with Crippen LogP contribution in [0, 0.1) is 5.92 Å². The van der Waals surface area contributed by atoms with E-state index in [0.29, 0.717) is 18.2 Å². The Balaban J connectivity index is 2.35. The van der Waals surface area contributed by atoms with Gasteiger partial charge in [0.25, 0.3) is 0 Å². The number of aromatic nitrogens is 1. The third-order valence-electron chi connectivity index (χ3n) is 4.00. The summed E-state index contributed by atoms with van der Waals surface area (Å²) in [4.78, 5) is 15.3. The number of benzene rings is 1. The molecule has 2 rings (SSSR count). The molecule has 1 aromatic heterocycles. The summed E-state index contributed by atoms with van der Waals surface area (Å²) in [7, 11) is -4.45. The van der Waals surface area contributed by atoms with E-state index in [1.54, 1.807) is 0 Å². The molecule has 1 unspecified atom stereocenters. The minimum absolute atomic E-state index is 0.511. The van der Waals surface area contributed by atoms with Crippen molar-refractivity contribution >= 4 is 21.6 Å². The van der Waals surface area contributed by atoms with Gasteiger partial charge in [0, 0.05) is 0 Å². The average molecular weight is 454 g/mol. The first-order chi connectivity index (χ1) is 13.6. The third-order valence-corrected chi connectivity index (χ3v) is 6.36. The van der Waals surface area contributed by atoms with E-state index < -0.39 is 61.2 Å². The zero-order valence-electron chi connectivity index (χ0n) is 15.5. The van der Waals surface area contributed by atoms with Gasteiger partial charge in [0.2, 0.25) is 5.91 Å². The summed E-state index contributed by atoms with van der Waals surface area (Å²) in [6.45, 7) is 2.76. The van der Waals surface area contributed by atoms with Gasteiger partial charge in [-0.1, -0.05) is 19.9 Å². The molecule has 0 aliphatic carbocycles. The molecule has 0 aliphatic rings. The Morgan fingerprint density at radius 2 is 1.50 bits per heavy atom. The summed E-state index contributed by atoms with van der Waals surface area (Å²) < 4.78 is 102. The van der Waals surface area contributed by atoms with Gasteiger partial charge in [-0.15, -0.1) is 0 Å². The van der Waals surface area contributed by atoms with Crippen molar-refractivity contribution in [3.63, 3.8) is 0 Å². The average Bonchev–Trinajstić information content (AvgIpc) is 2.60. The largest absolute Gasteiger partial charge is 0.433 e. The molecule has 0 spiro atoms. The third kappa shape index (κ3) is 5.29. The fourth-order valence-corrected chi connectivity index (χ4v) is 4.51. The summed E-state index contributed by atoms with van der Waals surface area (Å²) in [5, 5.41) is 0.266. The Bertz CT molecular complexity index is 1020. The molecule has 1 heterocycles. The highest BCUT2D eigenvalue weighted by Gasteiger charge is 2.38. The monoisotopic (exact) mass is 454 g/mol. The first kappa shape index (κ1) is 23.6. The molecule has 30 heavy (non-hydrogen) atoms. The minimum Gasteiger partial charge on any atom is -0.310 e. The highest BCUT2D eigenvalue weighted by molar-refractivity contribution is 7.92. The fourth-order valence-electron chi connectivity index (χ4n) is 2.64. The molecule has 1 aromatic carbocycles. The van der Waals surface area contributed by atoms with Crippen molar-refractivity contribution in [2.24, 2.45) is 5.92 Å². The molecule has 1 N–H and O–H groups in total. The fraction of sp³-hybridized carbons (Fsp3) is 0.333. The lowest BCUT2D eigenvalue weighted by molar-refractivity contribution is -0.141. The van der Waals surface area contributed by atoms with Crippen molar-refractivity contribution < 1.29 is 39.6 Å². The topological polar surface area (TPSA) is 76.1 Å². The molecule has 0 radical (unpaired) electrons. The first-order valence-electron chi connectivity index (χ1n) is 8.40. The zero-order valence-corrected chi connectivity index (χ0v) is 16.4. The Morgan fingerprint density at radius 3 is 1.97 bits per heavy atom. The van der Waals surface area contributed by atoms with E-state index >= 15 is 0 Å². The summed E-state index contributed by atoms with van der Waals surface area (Å²) >= 11 is 0. The second kappa shape index (κ2) is 8.25. The van der Waals surface area contributed by atoms with Gasteiger partial charge in [0.05, 0.1) is 10.5 Å². The lowest BCUT2D eigenvalue weighted by Crippen LogP contribution is -2.39. The van der Waals surface area contributed by atoms with Gasteiger partial charge in [-0.2, -0.15) is 26.3 Å². The van der Waals surface area contributed by atoms with Crippen molar-refractivity contribution in [1.29, 1.82) is 0 Å². The Hall–Kier alpha value is -2.63. The number of sulfone groups is 1. The van der Waals surface area contributed by atoms with E-state index in [-0.39, 0.29) is 0 Å². The van der Waals surface area contributed by atoms with Crippen LogP contribution in [0.3, 0.4) is 0 Å². The van der Waals surface area contributed by atoms with Crippen LogP contribution in [0.15, 0.2) is 47.4 Å². The van der Waals surface area contributed by atoms with Crippen molar-refractivity contribution in [1.82, 2.24) is 4.98 Å². The van der Waals surface area contributed by atoms with E-state index in [1.807, 2.05) is 5.32 Å². The molecular formula is C18H16F6N2O3S. The van der Waals surface area contributed by atoms with Gasteiger partial charge in [0.1, 0.15) is 16.8 Å². The summed E-state index contributed by atoms with van der Waals surface area (Å²) in [5.74, 6) is -2.51. The lowest BCUT2D eigenvalue weighted by atomic mass is 10.1. The number of halogens is 6. The Kier molecular flexibility index (Phi) is 6.50. The lowest BCUT2D eigenvalue weighted by Gasteiger charge is -2.21. The summed E-state index contributed by atoms with van der Waals surface area (Å²) in [5.41, 5.74) is -2.35. The van der Waals surface area contributed by atoms with Crippen LogP contribution < -0.4 is 5.32 Å². The summed E-state index contributed by atoms with van der Waals surface area (Å²) in [6.07, 6.45) is -9.45. The van der Waals surface area contributed by atoms with Crippen LogP contribution in [0.5, 0.6) is 0 Å². The van der Waals surface area contributed by atoms with Gasteiger partial charge >= 0.3 is 12.4 Å². The molecular weight excluding hydrogens is 438 g/mol. The van der Waals surface area contributed by atoms with Gasteiger partial charge in [-0.05, 0) is 42.3 Å². The van der Waals surface area contributed by atoms with Crippen LogP contribution in [-0.4, -0.2) is 24.6 Å². The second-order valence-corrected chi connectivity index (χ2v) is 8.70. The van der Waals surface area contributed by atoms with E-state index in [1.165, 1.54) is 13.8 Å². The number of nitrogens with zero attached hydrogens (tertiary/aromatic N) is 1. The predicted molar refractivity (Wildman–Crippen MR) is 95.1 cm³/mol. The number of alkyl halides is 6. The van der Waals surface area contributed by atoms with Crippen molar-refractivity contribution in [2.75, 3.05) is 5.32 Å². The highest BCUT2D eigenvalue weighted by Crippen LogP contribution is 2.31. The Labute approximate surface area is 168 Å². The highest BCUT2D eigenvalue weighted by atomic mass is 32.2. The van der Waals surface area contributed by atoms with Crippen LogP contribution in [0.4, 0.5) is 32.2 Å². The SMILES string of the molecule is CC(C)C(C(=O)Nc1cccc(C(F)(F)F)n1)S(=O)(=O)c1ccc(C(F)(F)F)cc1. The molecule has 0 saturated heterocycles. The van der Waals surface area contributed by atoms with Crippen molar-refractivity contribution in [3.8, 4) is 0 Å². The number of rotatable bonds is 5. The van der Waals surface area contributed by atoms with Gasteiger partial charge in [-0.3, -0.25) is 4.79 Å². The van der Waals surface area contributed by atoms with Crippen LogP contribution in [0.1, 0.15) is 25.1 Å². The van der Waals surface area contributed by atoms with Crippen LogP contribution in [0.25, 0.3) is 0 Å². The maximum Gasteiger partial charge on any atom is 0.433 e. The summed E-state index contributed by atoms with van der Waals surface area (Å²) in [6, 6.07) is 5.30. The second-order valence-electron chi connectivity index (χ2n) is 6.63. The van der Waals surface area contributed by atoms with E-state index in [4.69, 9.17) is 0 Å². The number of carbonyl (C=O) groups is 1. The Morgan fingerprint density at radius 1 is 0.933 bits per heavy atom. The molecule has 1 atom stereocenters. The number of anilines is 1. The van der Waals surface area contributed by atoms with Crippen LogP contribution in [0.2, 0.25) is 0 Å². The molecule has 0 bridgehead atoms. The molecule has 2 aromatic rings. The van der Waals surface area contributed by atoms with E-state index in [2.05, 4.69) is 4.98 Å². The molecule has 0 aliphatic heterocycles. The van der Waals surface area contributed by atoms with Gasteiger partial charge in [0.15, 0.2) is 9.84 Å². The number of nitrogens with one attached hydrogen (secondary N) is 1. The number of carbonyl (C=O) groups excluding carboxylic acids is 1. The standard InChI is InChI=1S/C18H16F6N2O3S/c1-10(2)15(16(27)26-14-5-3-4-13(25-14)18(22,23)24)30(28,29)12-8-6-11(7-9-12)17(19,20)21/h3-10,15H,1-2H3,(H,25,26,27). The maximum absolute atomic E-state index is 12.9. The molecule has 0 saturated carbocycles. The number of pyridine rings is 1. The number of hydrogen-bond acceptors (Lipinski definition) is 4. The molecule has 0 fully saturated rings. The first-order valence-corrected chi connectivity index (χ1v) is 9.95. The van der Waals surface area contributed by atoms with Crippen molar-refractivity contribution in [3.05, 3.63) is 53.7 Å². The van der Waals surface area contributed by atoms with Crippen LogP contribution >= 0.6 is 0 Å². The maximum atomic E-state index is 12.9. The van der Waals surface area contributed by atoms with Crippen molar-refractivity contribution in [2.45, 2.75) is 36.3 Å². The zero-order chi connectivity index (χ0) is 22.9. The van der Waals surface area contributed by atoms with Gasteiger partial charge < -0.3 is 5.32 Å². The minimum atomic E-state index is -4.77. The van der Waals surface area contributed by atoms with Crippen LogP contribution in [-0.2, 0) is 27.0 Å². The van der Waals surface area contributed by atoms with Gasteiger partial charge in [-0.25, -0.2) is 13.4 Å². The van der Waals surface area contributed by atoms with E-state index in [9.17, 15) is 39.6 Å². The normalized spacial score (nSPS) is 13.9. The number of hydrogen-bond donors (Lipinski definition) is 1. The van der Waals surface area contributed by atoms with E-state index in [0.717, 1.165) is 24.3 Å². The quantitative estimate of drug-likeness (QED) is 0.673. The molecule has 164 valence electrons. The molecule has 1 amide bonds. The smallest absolute Gasteiger partial charge is 0.310 e. The number of amides is 1.